The molecule has 12 nitrogen and oxygen atoms in total. The third-order valence-electron chi connectivity index (χ3n) is 9.76. The summed E-state index contributed by atoms with van der Waals surface area (Å²) in [5, 5.41) is 23.0. The molecule has 2 aliphatic heterocycles. The van der Waals surface area contributed by atoms with E-state index in [9.17, 15) is 10.2 Å². The monoisotopic (exact) mass is 718 g/mol. The second-order valence-electron chi connectivity index (χ2n) is 12.7. The number of hydrogen-bond donors (Lipinski definition) is 2. The molecule has 4 aromatic carbocycles. The van der Waals surface area contributed by atoms with Crippen molar-refractivity contribution in [2.45, 2.75) is 51.1 Å². The molecule has 0 bridgehead atoms. The van der Waals surface area contributed by atoms with Gasteiger partial charge in [-0.3, -0.25) is 0 Å². The predicted molar refractivity (Wildman–Crippen MR) is 193 cm³/mol. The third-order valence-corrected chi connectivity index (χ3v) is 9.76. The van der Waals surface area contributed by atoms with Crippen molar-refractivity contribution in [3.05, 3.63) is 69.8 Å². The van der Waals surface area contributed by atoms with E-state index in [4.69, 9.17) is 47.4 Å². The largest absolute Gasteiger partial charge is 0.504 e. The van der Waals surface area contributed by atoms with Crippen molar-refractivity contribution in [1.29, 1.82) is 0 Å². The van der Waals surface area contributed by atoms with E-state index in [1.165, 1.54) is 21.3 Å². The van der Waals surface area contributed by atoms with E-state index >= 15 is 0 Å². The normalized spacial score (nSPS) is 19.2. The number of benzene rings is 4. The van der Waals surface area contributed by atoms with Gasteiger partial charge in [-0.05, 0) is 84.8 Å². The minimum atomic E-state index is -0.799. The Labute approximate surface area is 303 Å². The maximum absolute atomic E-state index is 11.6. The maximum atomic E-state index is 11.6. The Morgan fingerprint density at radius 2 is 0.923 bits per heavy atom. The molecule has 0 amide bonds. The van der Waals surface area contributed by atoms with Gasteiger partial charge in [0.2, 0.25) is 11.5 Å². The highest BCUT2D eigenvalue weighted by Crippen LogP contribution is 2.55. The van der Waals surface area contributed by atoms with Crippen molar-refractivity contribution >= 4 is 0 Å². The first kappa shape index (κ1) is 36.6. The molecule has 278 valence electrons. The van der Waals surface area contributed by atoms with Gasteiger partial charge in [0.15, 0.2) is 34.5 Å². The molecule has 0 spiro atoms. The Hall–Kier alpha value is -5.20. The zero-order valence-electron chi connectivity index (χ0n) is 31.2. The van der Waals surface area contributed by atoms with Crippen LogP contribution in [-0.2, 0) is 22.3 Å². The standard InChI is InChI=1S/C40H46O12/c1-19-11-23-24(17-26(41)36(42)35(23)38(52-19)22-15-31(47-7)40(50-10)32(16-22)48-8)33-25-12-20(2)51-37(34(25)28(44-4)18-27(33)43-3)21-13-29(45-5)39(49-9)30(14-21)46-6/h13-20,37-38,41-42H,11-12H2,1-10H3/t19-,20-,37?,38?/m0/s1. The summed E-state index contributed by atoms with van der Waals surface area (Å²) in [7, 11) is 12.5. The van der Waals surface area contributed by atoms with E-state index in [-0.39, 0.29) is 23.7 Å². The molecule has 52 heavy (non-hydrogen) atoms. The van der Waals surface area contributed by atoms with Gasteiger partial charge in [0.1, 0.15) is 23.7 Å². The van der Waals surface area contributed by atoms with E-state index < -0.39 is 12.2 Å². The molecule has 0 saturated heterocycles. The zero-order chi connectivity index (χ0) is 37.4. The fourth-order valence-corrected chi connectivity index (χ4v) is 7.54. The average molecular weight is 719 g/mol. The molecule has 4 aromatic rings. The summed E-state index contributed by atoms with van der Waals surface area (Å²) < 4.78 is 59.1. The van der Waals surface area contributed by atoms with E-state index in [0.29, 0.717) is 75.5 Å². The summed E-state index contributed by atoms with van der Waals surface area (Å²) in [6.07, 6.45) is -1.00. The number of ether oxygens (including phenoxy) is 10. The second-order valence-corrected chi connectivity index (χ2v) is 12.7. The lowest BCUT2D eigenvalue weighted by molar-refractivity contribution is 0.00498. The van der Waals surface area contributed by atoms with Gasteiger partial charge in [0.25, 0.3) is 0 Å². The summed E-state index contributed by atoms with van der Waals surface area (Å²) in [5.41, 5.74) is 5.75. The Morgan fingerprint density at radius 3 is 1.35 bits per heavy atom. The van der Waals surface area contributed by atoms with E-state index in [1.807, 2.05) is 32.0 Å². The minimum absolute atomic E-state index is 0.247. The highest BCUT2D eigenvalue weighted by molar-refractivity contribution is 5.84. The summed E-state index contributed by atoms with van der Waals surface area (Å²) in [6, 6.07) is 10.7. The highest BCUT2D eigenvalue weighted by Gasteiger charge is 2.39. The van der Waals surface area contributed by atoms with Crippen molar-refractivity contribution in [3.8, 4) is 68.6 Å². The molecule has 2 unspecified atom stereocenters. The molecule has 0 saturated carbocycles. The molecule has 12 heteroatoms. The number of rotatable bonds is 11. The molecule has 2 heterocycles. The summed E-state index contributed by atoms with van der Waals surface area (Å²) >= 11 is 0. The van der Waals surface area contributed by atoms with Crippen LogP contribution >= 0.6 is 0 Å². The lowest BCUT2D eigenvalue weighted by atomic mass is 9.79. The van der Waals surface area contributed by atoms with Crippen LogP contribution in [-0.4, -0.2) is 79.3 Å². The van der Waals surface area contributed by atoms with Crippen LogP contribution in [0.4, 0.5) is 0 Å². The molecular weight excluding hydrogens is 672 g/mol. The minimum Gasteiger partial charge on any atom is -0.504 e. The van der Waals surface area contributed by atoms with Gasteiger partial charge < -0.3 is 57.6 Å². The molecule has 6 rings (SSSR count). The number of phenols is 2. The molecule has 0 radical (unpaired) electrons. The number of methoxy groups -OCH3 is 8. The topological polar surface area (TPSA) is 133 Å². The SMILES string of the molecule is COc1cc(C2O[C@@H](C)Cc3c(-c4cc(O)c(O)c5c4C[C@H](C)OC5c4cc(OC)c(OC)c(OC)c4)c(OC)cc(OC)c32)cc(OC)c1OC. The van der Waals surface area contributed by atoms with Gasteiger partial charge in [-0.25, -0.2) is 0 Å². The molecular formula is C40H46O12. The molecule has 0 aromatic heterocycles. The smallest absolute Gasteiger partial charge is 0.203 e. The zero-order valence-corrected chi connectivity index (χ0v) is 31.2. The fourth-order valence-electron chi connectivity index (χ4n) is 7.54. The summed E-state index contributed by atoms with van der Waals surface area (Å²) in [5.74, 6) is 3.21. The van der Waals surface area contributed by atoms with Gasteiger partial charge in [-0.15, -0.1) is 0 Å². The Balaban J connectivity index is 1.64. The van der Waals surface area contributed by atoms with E-state index in [1.54, 1.807) is 53.7 Å². The van der Waals surface area contributed by atoms with Crippen molar-refractivity contribution in [3.63, 3.8) is 0 Å². The predicted octanol–water partition coefficient (Wildman–Crippen LogP) is 6.93. The van der Waals surface area contributed by atoms with Crippen molar-refractivity contribution in [2.24, 2.45) is 0 Å². The van der Waals surface area contributed by atoms with Crippen LogP contribution in [0, 0.1) is 0 Å². The average Bonchev–Trinajstić information content (AvgIpc) is 3.16. The molecule has 2 N–H and O–H groups in total. The first-order chi connectivity index (χ1) is 25.1. The quantitative estimate of drug-likeness (QED) is 0.156. The van der Waals surface area contributed by atoms with Crippen LogP contribution in [0.15, 0.2) is 36.4 Å². The molecule has 4 atom stereocenters. The van der Waals surface area contributed by atoms with Gasteiger partial charge in [0, 0.05) is 22.8 Å². The molecule has 0 fully saturated rings. The van der Waals surface area contributed by atoms with Crippen LogP contribution in [0.25, 0.3) is 11.1 Å². The Bertz CT molecular complexity index is 1920. The third kappa shape index (κ3) is 6.09. The summed E-state index contributed by atoms with van der Waals surface area (Å²) in [6.45, 7) is 3.97. The second kappa shape index (κ2) is 14.8. The first-order valence-corrected chi connectivity index (χ1v) is 16.8. The lowest BCUT2D eigenvalue weighted by Crippen LogP contribution is -2.27. The maximum Gasteiger partial charge on any atom is 0.203 e. The van der Waals surface area contributed by atoms with Crippen molar-refractivity contribution in [2.75, 3.05) is 56.9 Å². The van der Waals surface area contributed by atoms with Gasteiger partial charge in [-0.2, -0.15) is 0 Å². The van der Waals surface area contributed by atoms with Crippen LogP contribution in [0.3, 0.4) is 0 Å². The summed E-state index contributed by atoms with van der Waals surface area (Å²) in [4.78, 5) is 0. The van der Waals surface area contributed by atoms with Gasteiger partial charge in [0.05, 0.1) is 69.1 Å². The van der Waals surface area contributed by atoms with Gasteiger partial charge in [-0.1, -0.05) is 0 Å². The number of hydrogen-bond acceptors (Lipinski definition) is 12. The Kier molecular flexibility index (Phi) is 10.4. The van der Waals surface area contributed by atoms with Crippen LogP contribution < -0.4 is 37.9 Å². The first-order valence-electron chi connectivity index (χ1n) is 16.8. The van der Waals surface area contributed by atoms with Crippen LogP contribution in [0.1, 0.15) is 59.4 Å². The fraction of sp³-hybridized carbons (Fsp3) is 0.400. The van der Waals surface area contributed by atoms with E-state index in [0.717, 1.165) is 27.8 Å². The number of aromatic hydroxyl groups is 2. The van der Waals surface area contributed by atoms with Crippen LogP contribution in [0.2, 0.25) is 0 Å². The molecule has 0 aliphatic carbocycles. The molecule has 2 aliphatic rings. The van der Waals surface area contributed by atoms with Crippen LogP contribution in [0.5, 0.6) is 57.5 Å². The number of fused-ring (bicyclic) bond motifs is 2. The lowest BCUT2D eigenvalue weighted by Gasteiger charge is -2.37. The van der Waals surface area contributed by atoms with E-state index in [2.05, 4.69) is 0 Å². The highest BCUT2D eigenvalue weighted by atomic mass is 16.5. The number of phenolic OH excluding ortho intramolecular Hbond substituents is 2. The van der Waals surface area contributed by atoms with Crippen molar-refractivity contribution < 1.29 is 57.6 Å². The Morgan fingerprint density at radius 1 is 0.500 bits per heavy atom. The van der Waals surface area contributed by atoms with Crippen molar-refractivity contribution in [1.82, 2.24) is 0 Å². The van der Waals surface area contributed by atoms with Gasteiger partial charge >= 0.3 is 0 Å².